The molecule has 0 spiro atoms. The highest BCUT2D eigenvalue weighted by molar-refractivity contribution is 7.16. The van der Waals surface area contributed by atoms with Crippen molar-refractivity contribution < 1.29 is 63.3 Å². The van der Waals surface area contributed by atoms with Gasteiger partial charge in [0.15, 0.2) is 19.9 Å². The van der Waals surface area contributed by atoms with Gasteiger partial charge in [0.05, 0.1) is 11.1 Å². The fourth-order valence-electron chi connectivity index (χ4n) is 2.07. The minimum Gasteiger partial charge on any atom is -0.468 e. The highest BCUT2D eigenvalue weighted by Crippen LogP contribution is 2.37. The molecule has 9 nitrogen and oxygen atoms in total. The molecule has 0 bridgehead atoms. The van der Waals surface area contributed by atoms with E-state index in [0.29, 0.717) is 17.0 Å². The number of carbonyl (C=O) groups excluding carboxylic acids is 2. The smallest absolute Gasteiger partial charge is 0.425 e. The van der Waals surface area contributed by atoms with Crippen molar-refractivity contribution in [2.75, 3.05) is 30.2 Å². The monoisotopic (exact) mass is 556 g/mol. The number of aromatic nitrogens is 2. The normalized spacial score (nSPS) is 12.2. The maximum atomic E-state index is 12.8. The number of halogens is 9. The Morgan fingerprint density at radius 2 is 1.47 bits per heavy atom. The molecule has 2 aromatic rings. The molecule has 200 valence electrons. The van der Waals surface area contributed by atoms with Gasteiger partial charge >= 0.3 is 30.5 Å². The van der Waals surface area contributed by atoms with Crippen LogP contribution in [0.3, 0.4) is 0 Å². The number of rotatable bonds is 8. The van der Waals surface area contributed by atoms with Crippen LogP contribution < -0.4 is 19.7 Å². The van der Waals surface area contributed by atoms with Gasteiger partial charge in [0.2, 0.25) is 17.7 Å². The van der Waals surface area contributed by atoms with E-state index in [0.717, 1.165) is 13.0 Å². The summed E-state index contributed by atoms with van der Waals surface area (Å²) in [6.07, 6.45) is -14.5. The Hall–Kier alpha value is -3.51. The molecule has 0 radical (unpaired) electrons. The first-order chi connectivity index (χ1) is 16.4. The van der Waals surface area contributed by atoms with Crippen molar-refractivity contribution in [2.24, 2.45) is 0 Å². The third-order valence-corrected chi connectivity index (χ3v) is 4.48. The number of hydrogen-bond donors (Lipinski definition) is 1. The van der Waals surface area contributed by atoms with E-state index >= 15 is 0 Å². The maximum Gasteiger partial charge on any atom is 0.425 e. The molecule has 0 atom stereocenters. The summed E-state index contributed by atoms with van der Waals surface area (Å²) in [6.45, 7) is -4.02. The van der Waals surface area contributed by atoms with Crippen LogP contribution >= 0.6 is 11.3 Å². The Labute approximate surface area is 198 Å². The zero-order valence-electron chi connectivity index (χ0n) is 17.5. The van der Waals surface area contributed by atoms with Crippen molar-refractivity contribution in [2.45, 2.75) is 25.5 Å². The quantitative estimate of drug-likeness (QED) is 0.278. The number of ether oxygens (including phenoxy) is 3. The maximum absolute atomic E-state index is 12.8. The fourth-order valence-corrected chi connectivity index (χ4v) is 2.83. The topological polar surface area (TPSA) is 103 Å². The number of thiophene rings is 1. The molecule has 36 heavy (non-hydrogen) atoms. The molecule has 2 aromatic heterocycles. The van der Waals surface area contributed by atoms with E-state index in [9.17, 15) is 49.1 Å². The minimum absolute atomic E-state index is 0.102. The molecule has 0 saturated heterocycles. The standard InChI is InChI=1S/C17H13F9N4O5S/c1-8(31)35-7-30(14(32)29-12-3-2-9(36-12)17(24,25)26)13-27-10(33-5-15(18,19)20)4-11(28-13)34-6-16(21,22)23/h2-4H,5-7H2,1H3,(H,29,32). The summed E-state index contributed by atoms with van der Waals surface area (Å²) in [4.78, 5) is 30.0. The van der Waals surface area contributed by atoms with Gasteiger partial charge in [-0.25, -0.2) is 9.69 Å². The molecular formula is C17H13F9N4O5S. The Bertz CT molecular complexity index is 1040. The van der Waals surface area contributed by atoms with Gasteiger partial charge in [0.25, 0.3) is 0 Å². The van der Waals surface area contributed by atoms with Crippen LogP contribution in [0.2, 0.25) is 0 Å². The van der Waals surface area contributed by atoms with Gasteiger partial charge in [-0.1, -0.05) is 0 Å². The van der Waals surface area contributed by atoms with Crippen LogP contribution in [0.4, 0.5) is 55.3 Å². The first-order valence-corrected chi connectivity index (χ1v) is 9.92. The number of esters is 1. The van der Waals surface area contributed by atoms with Crippen LogP contribution in [-0.4, -0.2) is 54.3 Å². The summed E-state index contributed by atoms with van der Waals surface area (Å²) in [5.74, 6) is -3.91. The molecule has 0 unspecified atom stereocenters. The predicted molar refractivity (Wildman–Crippen MR) is 103 cm³/mol. The zero-order chi connectivity index (χ0) is 27.3. The number of urea groups is 1. The van der Waals surface area contributed by atoms with Crippen molar-refractivity contribution >= 4 is 34.3 Å². The minimum atomic E-state index is -4.89. The predicted octanol–water partition coefficient (Wildman–Crippen LogP) is 5.00. The number of anilines is 2. The van der Waals surface area contributed by atoms with Crippen molar-refractivity contribution in [1.82, 2.24) is 9.97 Å². The van der Waals surface area contributed by atoms with E-state index in [1.165, 1.54) is 0 Å². The summed E-state index contributed by atoms with van der Waals surface area (Å²) in [5, 5.41) is 1.64. The van der Waals surface area contributed by atoms with Crippen LogP contribution in [0.25, 0.3) is 0 Å². The highest BCUT2D eigenvalue weighted by Gasteiger charge is 2.34. The van der Waals surface area contributed by atoms with E-state index in [2.05, 4.69) is 24.2 Å². The molecule has 0 aromatic carbocycles. The summed E-state index contributed by atoms with van der Waals surface area (Å²) in [5.41, 5.74) is 0. The number of nitrogens with one attached hydrogen (secondary N) is 1. The third-order valence-electron chi connectivity index (χ3n) is 3.43. The van der Waals surface area contributed by atoms with E-state index in [-0.39, 0.29) is 16.3 Å². The molecule has 2 rings (SSSR count). The molecule has 19 heteroatoms. The summed E-state index contributed by atoms with van der Waals surface area (Å²) >= 11 is 0.102. The van der Waals surface area contributed by atoms with Crippen LogP contribution in [0.15, 0.2) is 18.2 Å². The lowest BCUT2D eigenvalue weighted by molar-refractivity contribution is -0.154. The molecule has 2 amide bonds. The van der Waals surface area contributed by atoms with Gasteiger partial charge in [0, 0.05) is 6.92 Å². The zero-order valence-corrected chi connectivity index (χ0v) is 18.4. The summed E-state index contributed by atoms with van der Waals surface area (Å²) in [6, 6.07) is 0.623. The average Bonchev–Trinajstić information content (AvgIpc) is 3.19. The van der Waals surface area contributed by atoms with E-state index in [1.807, 2.05) is 5.32 Å². The van der Waals surface area contributed by atoms with Crippen LogP contribution in [0, 0.1) is 0 Å². The molecule has 0 fully saturated rings. The van der Waals surface area contributed by atoms with Gasteiger partial charge in [-0.15, -0.1) is 11.3 Å². The molecule has 0 aliphatic carbocycles. The molecule has 1 N–H and O–H groups in total. The lowest BCUT2D eigenvalue weighted by atomic mass is 10.4. The second-order valence-electron chi connectivity index (χ2n) is 6.44. The van der Waals surface area contributed by atoms with Crippen molar-refractivity contribution in [1.29, 1.82) is 0 Å². The molecular weight excluding hydrogens is 543 g/mol. The van der Waals surface area contributed by atoms with Crippen molar-refractivity contribution in [3.05, 3.63) is 23.1 Å². The number of nitrogens with zero attached hydrogens (tertiary/aromatic N) is 3. The number of amides is 2. The summed E-state index contributed by atoms with van der Waals surface area (Å²) < 4.78 is 127. The third kappa shape index (κ3) is 9.62. The molecule has 0 saturated carbocycles. The second-order valence-corrected chi connectivity index (χ2v) is 7.52. The highest BCUT2D eigenvalue weighted by atomic mass is 32.1. The van der Waals surface area contributed by atoms with E-state index < -0.39 is 73.1 Å². The molecule has 0 aliphatic rings. The Morgan fingerprint density at radius 1 is 0.944 bits per heavy atom. The van der Waals surface area contributed by atoms with Gasteiger partial charge in [-0.3, -0.25) is 10.1 Å². The lowest BCUT2D eigenvalue weighted by Gasteiger charge is -2.21. The largest absolute Gasteiger partial charge is 0.468 e. The Kier molecular flexibility index (Phi) is 8.81. The van der Waals surface area contributed by atoms with Crippen LogP contribution in [0.1, 0.15) is 11.8 Å². The summed E-state index contributed by atoms with van der Waals surface area (Å²) in [7, 11) is 0. The fraction of sp³-hybridized carbons (Fsp3) is 0.412. The van der Waals surface area contributed by atoms with E-state index in [1.54, 1.807) is 0 Å². The number of hydrogen-bond acceptors (Lipinski definition) is 8. The first kappa shape index (κ1) is 28.7. The number of alkyl halides is 9. The second kappa shape index (κ2) is 11.0. The first-order valence-electron chi connectivity index (χ1n) is 9.10. The van der Waals surface area contributed by atoms with Gasteiger partial charge in [-0.2, -0.15) is 49.5 Å². The lowest BCUT2D eigenvalue weighted by Crippen LogP contribution is -2.38. The molecule has 0 aliphatic heterocycles. The average molecular weight is 556 g/mol. The van der Waals surface area contributed by atoms with Crippen molar-refractivity contribution in [3.63, 3.8) is 0 Å². The van der Waals surface area contributed by atoms with E-state index in [4.69, 9.17) is 0 Å². The van der Waals surface area contributed by atoms with Gasteiger partial charge < -0.3 is 14.2 Å². The molecule has 2 heterocycles. The SMILES string of the molecule is CC(=O)OCN(C(=O)Nc1ccc(C(F)(F)F)s1)c1nc(OCC(F)(F)F)cc(OCC(F)(F)F)n1. The van der Waals surface area contributed by atoms with Crippen LogP contribution in [-0.2, 0) is 15.7 Å². The van der Waals surface area contributed by atoms with Gasteiger partial charge in [-0.05, 0) is 12.1 Å². The Balaban J connectivity index is 2.41. The Morgan fingerprint density at radius 3 is 1.89 bits per heavy atom. The van der Waals surface area contributed by atoms with Gasteiger partial charge in [0.1, 0.15) is 4.88 Å². The van der Waals surface area contributed by atoms with Crippen molar-refractivity contribution in [3.8, 4) is 11.8 Å². The number of carbonyl (C=O) groups is 2. The van der Waals surface area contributed by atoms with Crippen LogP contribution in [0.5, 0.6) is 11.8 Å².